The van der Waals surface area contributed by atoms with E-state index in [0.717, 1.165) is 23.4 Å². The van der Waals surface area contributed by atoms with Crippen LogP contribution in [0.25, 0.3) is 0 Å². The molecule has 2 aromatic carbocycles. The van der Waals surface area contributed by atoms with Crippen LogP contribution in [0.15, 0.2) is 36.4 Å². The Kier molecular flexibility index (Phi) is 7.91. The maximum absolute atomic E-state index is 12.6. The van der Waals surface area contributed by atoms with Gasteiger partial charge in [0.05, 0.1) is 17.8 Å². The molecule has 0 radical (unpaired) electrons. The van der Waals surface area contributed by atoms with Crippen molar-refractivity contribution in [2.45, 2.75) is 19.9 Å². The zero-order chi connectivity index (χ0) is 19.5. The summed E-state index contributed by atoms with van der Waals surface area (Å²) in [6.45, 7) is 3.89. The second-order valence-corrected chi connectivity index (χ2v) is 5.78. The molecule has 27 heavy (non-hydrogen) atoms. The van der Waals surface area contributed by atoms with Crippen LogP contribution in [0.3, 0.4) is 0 Å². The first kappa shape index (κ1) is 20.0. The molecule has 3 rings (SSSR count). The topological polar surface area (TPSA) is 61.4 Å². The van der Waals surface area contributed by atoms with Crippen molar-refractivity contribution in [2.24, 2.45) is 0 Å². The minimum absolute atomic E-state index is 0.0706. The molecule has 0 atom stereocenters. The van der Waals surface area contributed by atoms with Gasteiger partial charge in [-0.1, -0.05) is 49.1 Å². The van der Waals surface area contributed by atoms with Crippen LogP contribution in [-0.4, -0.2) is 32.5 Å². The highest BCUT2D eigenvalue weighted by atomic mass is 16.2. The molecule has 0 bridgehead atoms. The van der Waals surface area contributed by atoms with E-state index in [0.29, 0.717) is 25.1 Å². The van der Waals surface area contributed by atoms with E-state index in [1.54, 1.807) is 11.0 Å². The number of carbonyl (C=O) groups excluding carboxylic acids is 2. The van der Waals surface area contributed by atoms with Gasteiger partial charge in [0.25, 0.3) is 0 Å². The van der Waals surface area contributed by atoms with Crippen LogP contribution < -0.4 is 15.5 Å². The summed E-state index contributed by atoms with van der Waals surface area (Å²) >= 11 is 0. The van der Waals surface area contributed by atoms with Gasteiger partial charge in [-0.15, -0.1) is 0 Å². The Morgan fingerprint density at radius 1 is 1.26 bits per heavy atom. The van der Waals surface area contributed by atoms with Crippen molar-refractivity contribution in [1.82, 2.24) is 10.6 Å². The molecule has 1 aliphatic heterocycles. The van der Waals surface area contributed by atoms with Crippen molar-refractivity contribution in [1.29, 1.82) is 0 Å². The van der Waals surface area contributed by atoms with E-state index in [9.17, 15) is 9.59 Å². The fraction of sp³-hybridized carbons (Fsp3) is 0.273. The first-order valence-electron chi connectivity index (χ1n) is 8.85. The summed E-state index contributed by atoms with van der Waals surface area (Å²) in [6.07, 6.45) is 0.824. The number of carbonyl (C=O) groups is 2. The summed E-state index contributed by atoms with van der Waals surface area (Å²) in [6, 6.07) is 17.2. The maximum Gasteiger partial charge on any atom is 0.229 e. The number of fused-ring (bicyclic) bond motifs is 2. The standard InChI is InChI=1S/C19H14N2O2.C3H9N/c22-14-20-12-11-19(23)21-13-17-7-2-1-5-15(17)9-10-16-6-3-4-8-18(16)21;1-3-4-2/h1-2,4-5,7-8,14H,11-13H2,(H,20,22);4H,3H2,1-2H3. The van der Waals surface area contributed by atoms with Crippen LogP contribution in [0.2, 0.25) is 0 Å². The van der Waals surface area contributed by atoms with Crippen molar-refractivity contribution in [2.75, 3.05) is 25.0 Å². The summed E-state index contributed by atoms with van der Waals surface area (Å²) in [4.78, 5) is 24.7. The number of hydrogen-bond donors (Lipinski definition) is 2. The van der Waals surface area contributed by atoms with Crippen LogP contribution in [0.4, 0.5) is 5.69 Å². The number of nitrogens with zero attached hydrogens (tertiary/aromatic N) is 1. The molecule has 0 unspecified atom stereocenters. The van der Waals surface area contributed by atoms with Crippen LogP contribution >= 0.6 is 0 Å². The average Bonchev–Trinajstić information content (AvgIpc) is 2.70. The average molecular weight is 361 g/mol. The molecule has 2 N–H and O–H groups in total. The molecular formula is C22H23N3O2. The number of hydrogen-bond acceptors (Lipinski definition) is 3. The van der Waals surface area contributed by atoms with E-state index >= 15 is 0 Å². The van der Waals surface area contributed by atoms with E-state index in [2.05, 4.69) is 41.5 Å². The Hall–Kier alpha value is -3.28. The van der Waals surface area contributed by atoms with Gasteiger partial charge in [-0.2, -0.15) is 0 Å². The van der Waals surface area contributed by atoms with Crippen molar-refractivity contribution in [3.8, 4) is 11.8 Å². The van der Waals surface area contributed by atoms with E-state index in [-0.39, 0.29) is 12.3 Å². The van der Waals surface area contributed by atoms with E-state index in [1.807, 2.05) is 37.4 Å². The summed E-state index contributed by atoms with van der Waals surface area (Å²) in [7, 11) is 1.93. The molecule has 5 nitrogen and oxygen atoms in total. The highest BCUT2D eigenvalue weighted by Gasteiger charge is 2.20. The fourth-order valence-electron chi connectivity index (χ4n) is 2.46. The number of nitrogens with one attached hydrogen (secondary N) is 2. The lowest BCUT2D eigenvalue weighted by Crippen LogP contribution is -2.33. The first-order valence-corrected chi connectivity index (χ1v) is 8.85. The van der Waals surface area contributed by atoms with Gasteiger partial charge in [0.15, 0.2) is 0 Å². The van der Waals surface area contributed by atoms with Gasteiger partial charge in [0, 0.05) is 18.5 Å². The third-order valence-corrected chi connectivity index (χ3v) is 3.96. The van der Waals surface area contributed by atoms with Gasteiger partial charge < -0.3 is 15.5 Å². The van der Waals surface area contributed by atoms with Gasteiger partial charge in [-0.25, -0.2) is 0 Å². The van der Waals surface area contributed by atoms with Gasteiger partial charge in [-0.3, -0.25) is 9.59 Å². The summed E-state index contributed by atoms with van der Waals surface area (Å²) in [5.41, 5.74) is 3.27. The lowest BCUT2D eigenvalue weighted by molar-refractivity contribution is -0.118. The highest BCUT2D eigenvalue weighted by molar-refractivity contribution is 5.95. The molecule has 0 fully saturated rings. The molecule has 5 heteroatoms. The summed E-state index contributed by atoms with van der Waals surface area (Å²) in [5, 5.41) is 5.45. The van der Waals surface area contributed by atoms with E-state index < -0.39 is 0 Å². The van der Waals surface area contributed by atoms with Gasteiger partial charge in [-0.05, 0) is 37.4 Å². The predicted octanol–water partition coefficient (Wildman–Crippen LogP) is 1.90. The summed E-state index contributed by atoms with van der Waals surface area (Å²) in [5.74, 6) is 6.14. The number of anilines is 1. The Morgan fingerprint density at radius 3 is 2.78 bits per heavy atom. The van der Waals surface area contributed by atoms with Crippen molar-refractivity contribution in [3.05, 3.63) is 65.2 Å². The first-order chi connectivity index (χ1) is 13.2. The van der Waals surface area contributed by atoms with Crippen LogP contribution in [-0.2, 0) is 16.1 Å². The molecule has 0 aromatic heterocycles. The molecular weight excluding hydrogens is 338 g/mol. The molecule has 2 aromatic rings. The number of benzene rings is 1. The fourth-order valence-corrected chi connectivity index (χ4v) is 2.46. The van der Waals surface area contributed by atoms with Crippen LogP contribution in [0.1, 0.15) is 30.0 Å². The molecule has 2 amide bonds. The van der Waals surface area contributed by atoms with Gasteiger partial charge in [0.1, 0.15) is 0 Å². The lowest BCUT2D eigenvalue weighted by atomic mass is 10.0. The van der Waals surface area contributed by atoms with Crippen LogP contribution in [0, 0.1) is 24.0 Å². The van der Waals surface area contributed by atoms with Crippen molar-refractivity contribution < 1.29 is 9.59 Å². The molecule has 0 saturated carbocycles. The third-order valence-electron chi connectivity index (χ3n) is 3.96. The second-order valence-electron chi connectivity index (χ2n) is 5.78. The van der Waals surface area contributed by atoms with E-state index in [1.165, 1.54) is 0 Å². The Morgan fingerprint density at radius 2 is 2.04 bits per heavy atom. The Labute approximate surface area is 160 Å². The lowest BCUT2D eigenvalue weighted by Gasteiger charge is -2.25. The molecule has 138 valence electrons. The minimum atomic E-state index is -0.0706. The Balaban J connectivity index is 0.000000596. The minimum Gasteiger partial charge on any atom is -0.358 e. The summed E-state index contributed by atoms with van der Waals surface area (Å²) < 4.78 is 0. The largest absolute Gasteiger partial charge is 0.358 e. The number of rotatable bonds is 5. The van der Waals surface area contributed by atoms with Crippen molar-refractivity contribution in [3.63, 3.8) is 0 Å². The maximum atomic E-state index is 12.6. The van der Waals surface area contributed by atoms with Crippen molar-refractivity contribution >= 4 is 18.0 Å². The SMILES string of the molecule is CCNC.O=CNCCC(=O)N1Cc2ccccc2C#Cc2c#cccc21. The molecule has 1 heterocycles. The molecule has 1 aliphatic rings. The van der Waals surface area contributed by atoms with Crippen LogP contribution in [0.5, 0.6) is 0 Å². The number of amides is 2. The molecule has 0 aliphatic carbocycles. The third kappa shape index (κ3) is 5.60. The Bertz CT molecular complexity index is 835. The predicted molar refractivity (Wildman–Crippen MR) is 106 cm³/mol. The normalized spacial score (nSPS) is 11.0. The zero-order valence-corrected chi connectivity index (χ0v) is 15.6. The molecule has 0 spiro atoms. The monoisotopic (exact) mass is 361 g/mol. The quantitative estimate of drug-likeness (QED) is 0.486. The van der Waals surface area contributed by atoms with E-state index in [4.69, 9.17) is 0 Å². The van der Waals surface area contributed by atoms with Gasteiger partial charge >= 0.3 is 0 Å². The van der Waals surface area contributed by atoms with Gasteiger partial charge in [0.2, 0.25) is 12.3 Å². The molecule has 0 saturated heterocycles. The zero-order valence-electron chi connectivity index (χ0n) is 15.6. The highest BCUT2D eigenvalue weighted by Crippen LogP contribution is 2.24. The second kappa shape index (κ2) is 10.7. The smallest absolute Gasteiger partial charge is 0.229 e.